The minimum atomic E-state index is -0.783. The summed E-state index contributed by atoms with van der Waals surface area (Å²) in [6, 6.07) is 10.3. The predicted molar refractivity (Wildman–Crippen MR) is 62.9 cm³/mol. The van der Waals surface area contributed by atoms with Crippen LogP contribution in [0.25, 0.3) is 10.9 Å². The van der Waals surface area contributed by atoms with Crippen LogP contribution in [0, 0.1) is 0 Å². The van der Waals surface area contributed by atoms with Gasteiger partial charge in [-0.15, -0.1) is 0 Å². The summed E-state index contributed by atoms with van der Waals surface area (Å²) in [5.41, 5.74) is 1.39. The van der Waals surface area contributed by atoms with E-state index in [2.05, 4.69) is 29.7 Å². The quantitative estimate of drug-likeness (QED) is 0.797. The van der Waals surface area contributed by atoms with Crippen molar-refractivity contribution in [3.63, 3.8) is 0 Å². The first-order valence-electron chi connectivity index (χ1n) is 5.35. The number of para-hydroxylation sites is 1. The summed E-state index contributed by atoms with van der Waals surface area (Å²) < 4.78 is 2.16. The van der Waals surface area contributed by atoms with Crippen LogP contribution >= 0.6 is 0 Å². The highest BCUT2D eigenvalue weighted by molar-refractivity contribution is 5.81. The van der Waals surface area contributed by atoms with Gasteiger partial charge in [0.1, 0.15) is 0 Å². The van der Waals surface area contributed by atoms with E-state index in [0.29, 0.717) is 0 Å². The largest absolute Gasteiger partial charge is 0.384 e. The molecule has 1 aromatic heterocycles. The number of hydrogen-bond acceptors (Lipinski definition) is 1. The maximum absolute atomic E-state index is 10.1. The molecule has 0 saturated heterocycles. The van der Waals surface area contributed by atoms with Crippen LogP contribution in [-0.4, -0.2) is 9.67 Å². The Kier molecular flexibility index (Phi) is 2.31. The zero-order chi connectivity index (χ0) is 11.1. The van der Waals surface area contributed by atoms with Crippen LogP contribution in [0.2, 0.25) is 0 Å². The molecule has 2 rings (SSSR count). The fourth-order valence-corrected chi connectivity index (χ4v) is 2.06. The molecule has 0 amide bonds. The third-order valence-corrected chi connectivity index (χ3v) is 2.75. The van der Waals surface area contributed by atoms with E-state index in [9.17, 15) is 5.11 Å². The number of hydrogen-bond donors (Lipinski definition) is 1. The Morgan fingerprint density at radius 3 is 2.53 bits per heavy atom. The zero-order valence-electron chi connectivity index (χ0n) is 9.49. The molecule has 80 valence electrons. The van der Waals surface area contributed by atoms with Crippen LogP contribution in [0.1, 0.15) is 26.5 Å². The molecule has 0 atom stereocenters. The summed E-state index contributed by atoms with van der Waals surface area (Å²) >= 11 is 0. The van der Waals surface area contributed by atoms with Gasteiger partial charge in [-0.25, -0.2) is 0 Å². The average Bonchev–Trinajstić information content (AvgIpc) is 2.55. The normalized spacial score (nSPS) is 12.3. The van der Waals surface area contributed by atoms with Gasteiger partial charge in [0.2, 0.25) is 0 Å². The van der Waals surface area contributed by atoms with Crippen LogP contribution in [0.3, 0.4) is 0 Å². The molecule has 0 spiro atoms. The average molecular weight is 203 g/mol. The fourth-order valence-electron chi connectivity index (χ4n) is 2.06. The summed E-state index contributed by atoms with van der Waals surface area (Å²) in [6.45, 7) is 6.63. The second kappa shape index (κ2) is 3.38. The smallest absolute Gasteiger partial charge is 0.0989 e. The van der Waals surface area contributed by atoms with Crippen LogP contribution in [-0.2, 0) is 12.1 Å². The summed E-state index contributed by atoms with van der Waals surface area (Å²) in [5.74, 6) is 0. The minimum absolute atomic E-state index is 0.783. The van der Waals surface area contributed by atoms with E-state index in [4.69, 9.17) is 0 Å². The van der Waals surface area contributed by atoms with Gasteiger partial charge in [-0.05, 0) is 38.3 Å². The molecule has 0 fully saturated rings. The number of aromatic nitrogens is 1. The zero-order valence-corrected chi connectivity index (χ0v) is 9.49. The van der Waals surface area contributed by atoms with Crippen molar-refractivity contribution in [2.75, 3.05) is 0 Å². The molecule has 2 heteroatoms. The first kappa shape index (κ1) is 10.2. The van der Waals surface area contributed by atoms with Gasteiger partial charge < -0.3 is 9.67 Å². The predicted octanol–water partition coefficient (Wildman–Crippen LogP) is 2.89. The van der Waals surface area contributed by atoms with Crippen molar-refractivity contribution in [1.82, 2.24) is 4.57 Å². The van der Waals surface area contributed by atoms with E-state index in [1.54, 1.807) is 0 Å². The lowest BCUT2D eigenvalue weighted by Crippen LogP contribution is -2.20. The lowest BCUT2D eigenvalue weighted by molar-refractivity contribution is 0.0704. The Morgan fingerprint density at radius 2 is 1.93 bits per heavy atom. The molecule has 2 aromatic rings. The standard InChI is InChI=1S/C13H17NO/c1-4-14-11-8-6-5-7-10(11)9-12(14)13(2,3)15/h5-9,15H,4H2,1-3H3. The SMILES string of the molecule is CCn1c(C(C)(C)O)cc2ccccc21. The third-order valence-electron chi connectivity index (χ3n) is 2.75. The number of aryl methyl sites for hydroxylation is 1. The molecule has 0 unspecified atom stereocenters. The number of benzene rings is 1. The number of fused-ring (bicyclic) bond motifs is 1. The van der Waals surface area contributed by atoms with Gasteiger partial charge in [0.15, 0.2) is 0 Å². The lowest BCUT2D eigenvalue weighted by Gasteiger charge is -2.20. The summed E-state index contributed by atoms with van der Waals surface area (Å²) in [4.78, 5) is 0. The van der Waals surface area contributed by atoms with Gasteiger partial charge in [0, 0.05) is 12.1 Å². The highest BCUT2D eigenvalue weighted by Gasteiger charge is 2.21. The number of rotatable bonds is 2. The van der Waals surface area contributed by atoms with Crippen LogP contribution in [0.5, 0.6) is 0 Å². The Morgan fingerprint density at radius 1 is 1.27 bits per heavy atom. The molecule has 1 N–H and O–H groups in total. The van der Waals surface area contributed by atoms with Crippen LogP contribution in [0.4, 0.5) is 0 Å². The molecule has 1 aromatic carbocycles. The second-order valence-electron chi connectivity index (χ2n) is 4.39. The van der Waals surface area contributed by atoms with E-state index in [1.165, 1.54) is 10.9 Å². The molecule has 1 heterocycles. The lowest BCUT2D eigenvalue weighted by atomic mass is 10.1. The van der Waals surface area contributed by atoms with Crippen molar-refractivity contribution >= 4 is 10.9 Å². The monoisotopic (exact) mass is 203 g/mol. The Hall–Kier alpha value is -1.28. The van der Waals surface area contributed by atoms with E-state index in [1.807, 2.05) is 26.0 Å². The van der Waals surface area contributed by atoms with Gasteiger partial charge in [0.25, 0.3) is 0 Å². The third kappa shape index (κ3) is 1.65. The van der Waals surface area contributed by atoms with Crippen molar-refractivity contribution < 1.29 is 5.11 Å². The summed E-state index contributed by atoms with van der Waals surface area (Å²) in [7, 11) is 0. The van der Waals surface area contributed by atoms with E-state index < -0.39 is 5.60 Å². The van der Waals surface area contributed by atoms with Crippen LogP contribution < -0.4 is 0 Å². The van der Waals surface area contributed by atoms with E-state index >= 15 is 0 Å². The number of nitrogens with zero attached hydrogens (tertiary/aromatic N) is 1. The van der Waals surface area contributed by atoms with Gasteiger partial charge in [-0.2, -0.15) is 0 Å². The Labute approximate surface area is 90.2 Å². The molecule has 0 saturated carbocycles. The molecule has 2 nitrogen and oxygen atoms in total. The molecule has 0 radical (unpaired) electrons. The first-order chi connectivity index (χ1) is 7.04. The molecule has 0 bridgehead atoms. The molecular formula is C13H17NO. The van der Waals surface area contributed by atoms with Crippen molar-refractivity contribution in [2.24, 2.45) is 0 Å². The van der Waals surface area contributed by atoms with Crippen molar-refractivity contribution in [3.8, 4) is 0 Å². The maximum Gasteiger partial charge on any atom is 0.0989 e. The second-order valence-corrected chi connectivity index (χ2v) is 4.39. The molecule has 0 aliphatic carbocycles. The highest BCUT2D eigenvalue weighted by atomic mass is 16.3. The Bertz CT molecular complexity index is 477. The van der Waals surface area contributed by atoms with Crippen LogP contribution in [0.15, 0.2) is 30.3 Å². The summed E-state index contributed by atoms with van der Waals surface area (Å²) in [6.07, 6.45) is 0. The molecular weight excluding hydrogens is 186 g/mol. The molecule has 0 aliphatic heterocycles. The van der Waals surface area contributed by atoms with Gasteiger partial charge in [-0.3, -0.25) is 0 Å². The molecule has 0 aliphatic rings. The van der Waals surface area contributed by atoms with E-state index in [-0.39, 0.29) is 0 Å². The van der Waals surface area contributed by atoms with Crippen molar-refractivity contribution in [2.45, 2.75) is 32.9 Å². The maximum atomic E-state index is 10.1. The first-order valence-corrected chi connectivity index (χ1v) is 5.35. The fraction of sp³-hybridized carbons (Fsp3) is 0.385. The Balaban J connectivity index is 2.75. The minimum Gasteiger partial charge on any atom is -0.384 e. The van der Waals surface area contributed by atoms with Crippen molar-refractivity contribution in [3.05, 3.63) is 36.0 Å². The van der Waals surface area contributed by atoms with Gasteiger partial charge in [0.05, 0.1) is 11.3 Å². The topological polar surface area (TPSA) is 25.2 Å². The number of aliphatic hydroxyl groups is 1. The highest BCUT2D eigenvalue weighted by Crippen LogP contribution is 2.27. The van der Waals surface area contributed by atoms with E-state index in [0.717, 1.165) is 12.2 Å². The van der Waals surface area contributed by atoms with Gasteiger partial charge >= 0.3 is 0 Å². The molecule has 15 heavy (non-hydrogen) atoms. The van der Waals surface area contributed by atoms with Gasteiger partial charge in [-0.1, -0.05) is 18.2 Å². The summed E-state index contributed by atoms with van der Waals surface area (Å²) in [5, 5.41) is 11.3. The van der Waals surface area contributed by atoms with Crippen molar-refractivity contribution in [1.29, 1.82) is 0 Å².